The van der Waals surface area contributed by atoms with E-state index in [1.807, 2.05) is 54.4 Å². The Balaban J connectivity index is 1.69. The van der Waals surface area contributed by atoms with E-state index in [9.17, 15) is 14.7 Å². The lowest BCUT2D eigenvalue weighted by molar-refractivity contribution is -0.0562. The first-order valence-electron chi connectivity index (χ1n) is 14.3. The molecular weight excluding hydrogens is 558 g/mol. The average molecular weight is 598 g/mol. The van der Waals surface area contributed by atoms with E-state index in [1.165, 1.54) is 24.0 Å². The Morgan fingerprint density at radius 1 is 1.20 bits per heavy atom. The van der Waals surface area contributed by atoms with Crippen LogP contribution in [0.1, 0.15) is 58.3 Å². The van der Waals surface area contributed by atoms with Crippen molar-refractivity contribution in [2.24, 2.45) is 5.92 Å². The largest absolute Gasteiger partial charge is 0.453 e. The molecule has 0 aliphatic carbocycles. The van der Waals surface area contributed by atoms with Crippen LogP contribution in [0.4, 0.5) is 4.79 Å². The Bertz CT molecular complexity index is 1350. The van der Waals surface area contributed by atoms with Gasteiger partial charge in [-0.2, -0.15) is 0 Å². The van der Waals surface area contributed by atoms with Gasteiger partial charge >= 0.3 is 6.09 Å². The SMILES string of the molecule is CCc1cccc(-c2c(Cl)cccc2C(O)(CCCNC(=O)OC)C2CCCN(C(=O)c3ccc(CNC)s3)C2)c1. The van der Waals surface area contributed by atoms with Crippen molar-refractivity contribution < 1.29 is 19.4 Å². The summed E-state index contributed by atoms with van der Waals surface area (Å²) in [7, 11) is 3.22. The van der Waals surface area contributed by atoms with Gasteiger partial charge in [0.25, 0.3) is 5.91 Å². The zero-order valence-electron chi connectivity index (χ0n) is 24.0. The highest BCUT2D eigenvalue weighted by Crippen LogP contribution is 2.46. The third-order valence-corrected chi connectivity index (χ3v) is 9.29. The van der Waals surface area contributed by atoms with E-state index < -0.39 is 11.7 Å². The molecule has 2 atom stereocenters. The lowest BCUT2D eigenvalue weighted by Gasteiger charge is -2.43. The standard InChI is InChI=1S/C32H40ClN3O4S/c1-4-22-9-5-10-23(19-22)29-26(12-6-13-27(29)33)32(39,16-8-17-35-31(38)40-3)24-11-7-18-36(21-24)30(37)28-15-14-25(41-28)20-34-2/h5-6,9-10,12-15,19,24,34,39H,4,7-8,11,16-18,20-21H2,1-3H3,(H,35,38). The van der Waals surface area contributed by atoms with Gasteiger partial charge in [-0.15, -0.1) is 11.3 Å². The Morgan fingerprint density at radius 2 is 2.00 bits per heavy atom. The van der Waals surface area contributed by atoms with Crippen molar-refractivity contribution in [1.29, 1.82) is 0 Å². The molecule has 2 aromatic carbocycles. The minimum absolute atomic E-state index is 0.00118. The molecule has 2 heterocycles. The lowest BCUT2D eigenvalue weighted by atomic mass is 9.72. The quantitative estimate of drug-likeness (QED) is 0.228. The number of methoxy groups -OCH3 is 1. The summed E-state index contributed by atoms with van der Waals surface area (Å²) < 4.78 is 4.72. The van der Waals surface area contributed by atoms with Crippen LogP contribution in [0.25, 0.3) is 11.1 Å². The number of likely N-dealkylation sites (tertiary alicyclic amines) is 1. The summed E-state index contributed by atoms with van der Waals surface area (Å²) in [6, 6.07) is 17.8. The van der Waals surface area contributed by atoms with Gasteiger partial charge in [0, 0.05) is 47.6 Å². The molecule has 3 aromatic rings. The molecule has 1 saturated heterocycles. The summed E-state index contributed by atoms with van der Waals surface area (Å²) in [5.41, 5.74) is 2.42. The number of nitrogens with one attached hydrogen (secondary N) is 2. The number of aliphatic hydroxyl groups is 1. The maximum atomic E-state index is 13.6. The molecule has 3 N–H and O–H groups in total. The fraction of sp³-hybridized carbons (Fsp3) is 0.438. The van der Waals surface area contributed by atoms with Crippen LogP contribution in [0.15, 0.2) is 54.6 Å². The first-order valence-corrected chi connectivity index (χ1v) is 15.4. The van der Waals surface area contributed by atoms with Crippen LogP contribution >= 0.6 is 22.9 Å². The van der Waals surface area contributed by atoms with Gasteiger partial charge in [-0.05, 0) is 74.0 Å². The van der Waals surface area contributed by atoms with Crippen molar-refractivity contribution in [3.05, 3.63) is 80.5 Å². The molecular formula is C32H40ClN3O4S. The number of halogens is 1. The highest BCUT2D eigenvalue weighted by atomic mass is 35.5. The summed E-state index contributed by atoms with van der Waals surface area (Å²) in [5, 5.41) is 19.2. The third-order valence-electron chi connectivity index (χ3n) is 7.90. The molecule has 0 bridgehead atoms. The van der Waals surface area contributed by atoms with Crippen LogP contribution in [-0.2, 0) is 23.3 Å². The predicted molar refractivity (Wildman–Crippen MR) is 166 cm³/mol. The summed E-state index contributed by atoms with van der Waals surface area (Å²) in [5.74, 6) is -0.222. The van der Waals surface area contributed by atoms with Crippen molar-refractivity contribution in [3.8, 4) is 11.1 Å². The molecule has 9 heteroatoms. The number of thiophene rings is 1. The molecule has 220 valence electrons. The maximum absolute atomic E-state index is 13.6. The van der Waals surface area contributed by atoms with Crippen LogP contribution < -0.4 is 10.6 Å². The second kappa shape index (κ2) is 14.3. The van der Waals surface area contributed by atoms with E-state index in [0.29, 0.717) is 42.4 Å². The molecule has 41 heavy (non-hydrogen) atoms. The molecule has 0 spiro atoms. The van der Waals surface area contributed by atoms with Crippen LogP contribution in [0, 0.1) is 5.92 Å². The number of hydrogen-bond acceptors (Lipinski definition) is 6. The Kier molecular flexibility index (Phi) is 10.8. The summed E-state index contributed by atoms with van der Waals surface area (Å²) in [6.45, 7) is 4.27. The van der Waals surface area contributed by atoms with Crippen molar-refractivity contribution in [2.75, 3.05) is 33.8 Å². The smallest absolute Gasteiger partial charge is 0.406 e. The van der Waals surface area contributed by atoms with Gasteiger partial charge in [0.15, 0.2) is 0 Å². The molecule has 0 saturated carbocycles. The summed E-state index contributed by atoms with van der Waals surface area (Å²) >= 11 is 8.37. The molecule has 1 aliphatic heterocycles. The van der Waals surface area contributed by atoms with E-state index in [1.54, 1.807) is 0 Å². The zero-order chi connectivity index (χ0) is 29.4. The third kappa shape index (κ3) is 7.30. The number of carbonyl (C=O) groups excluding carboxylic acids is 2. The number of benzene rings is 2. The van der Waals surface area contributed by atoms with Gasteiger partial charge < -0.3 is 25.4 Å². The fourth-order valence-corrected chi connectivity index (χ4v) is 7.04. The number of rotatable bonds is 11. The molecule has 7 nitrogen and oxygen atoms in total. The highest BCUT2D eigenvalue weighted by Gasteiger charge is 2.43. The first-order chi connectivity index (χ1) is 19.8. The number of piperidine rings is 1. The van der Waals surface area contributed by atoms with E-state index in [0.717, 1.165) is 47.4 Å². The van der Waals surface area contributed by atoms with Gasteiger partial charge in [-0.25, -0.2) is 4.79 Å². The molecule has 2 unspecified atom stereocenters. The molecule has 0 radical (unpaired) electrons. The highest BCUT2D eigenvalue weighted by molar-refractivity contribution is 7.14. The summed E-state index contributed by atoms with van der Waals surface area (Å²) in [4.78, 5) is 28.9. The van der Waals surface area contributed by atoms with E-state index in [4.69, 9.17) is 16.3 Å². The number of carbonyl (C=O) groups is 2. The zero-order valence-corrected chi connectivity index (χ0v) is 25.6. The van der Waals surface area contributed by atoms with E-state index >= 15 is 0 Å². The van der Waals surface area contributed by atoms with Gasteiger partial charge in [-0.1, -0.05) is 54.9 Å². The van der Waals surface area contributed by atoms with Gasteiger partial charge in [0.05, 0.1) is 17.6 Å². The number of aryl methyl sites for hydroxylation is 1. The van der Waals surface area contributed by atoms with Crippen molar-refractivity contribution in [3.63, 3.8) is 0 Å². The number of ether oxygens (including phenoxy) is 1. The molecule has 1 aliphatic rings. The second-order valence-corrected chi connectivity index (χ2v) is 12.1. The normalized spacial score (nSPS) is 16.7. The van der Waals surface area contributed by atoms with Gasteiger partial charge in [-0.3, -0.25) is 4.79 Å². The minimum Gasteiger partial charge on any atom is -0.453 e. The van der Waals surface area contributed by atoms with E-state index in [-0.39, 0.29) is 11.8 Å². The Morgan fingerprint density at radius 3 is 2.76 bits per heavy atom. The summed E-state index contributed by atoms with van der Waals surface area (Å²) in [6.07, 6.45) is 2.84. The number of alkyl carbamates (subject to hydrolysis) is 1. The monoisotopic (exact) mass is 597 g/mol. The van der Waals surface area contributed by atoms with Crippen molar-refractivity contribution in [2.45, 2.75) is 51.2 Å². The average Bonchev–Trinajstić information content (AvgIpc) is 3.47. The number of amides is 2. The van der Waals surface area contributed by atoms with Crippen LogP contribution in [0.3, 0.4) is 0 Å². The topological polar surface area (TPSA) is 90.9 Å². The predicted octanol–water partition coefficient (Wildman–Crippen LogP) is 6.23. The van der Waals surface area contributed by atoms with Gasteiger partial charge in [0.1, 0.15) is 0 Å². The van der Waals surface area contributed by atoms with Crippen molar-refractivity contribution in [1.82, 2.24) is 15.5 Å². The van der Waals surface area contributed by atoms with Crippen LogP contribution in [-0.4, -0.2) is 55.8 Å². The molecule has 1 aromatic heterocycles. The first kappa shape index (κ1) is 31.0. The maximum Gasteiger partial charge on any atom is 0.406 e. The molecule has 2 amide bonds. The van der Waals surface area contributed by atoms with Gasteiger partial charge in [0.2, 0.25) is 0 Å². The Labute approximate surface area is 251 Å². The van der Waals surface area contributed by atoms with E-state index in [2.05, 4.69) is 29.7 Å². The number of nitrogens with zero attached hydrogens (tertiary/aromatic N) is 1. The lowest BCUT2D eigenvalue weighted by Crippen LogP contribution is -2.48. The van der Waals surface area contributed by atoms with Crippen LogP contribution in [0.2, 0.25) is 5.02 Å². The fourth-order valence-electron chi connectivity index (χ4n) is 5.77. The minimum atomic E-state index is -1.29. The molecule has 1 fully saturated rings. The Hall–Kier alpha value is -2.91. The molecule has 4 rings (SSSR count). The van der Waals surface area contributed by atoms with Crippen LogP contribution in [0.5, 0.6) is 0 Å². The second-order valence-electron chi connectivity index (χ2n) is 10.5. The van der Waals surface area contributed by atoms with Crippen molar-refractivity contribution >= 4 is 34.9 Å². The number of hydrogen-bond donors (Lipinski definition) is 3.